The fraction of sp³-hybridized carbons (Fsp3) is 0.571. The Hall–Kier alpha value is -1.13. The number of hydrogen-bond donors (Lipinski definition) is 1. The molecule has 0 atom stereocenters. The van der Waals surface area contributed by atoms with Crippen LogP contribution in [0.3, 0.4) is 0 Å². The van der Waals surface area contributed by atoms with Gasteiger partial charge in [0.15, 0.2) is 0 Å². The molecule has 0 spiro atoms. The van der Waals surface area contributed by atoms with E-state index in [0.29, 0.717) is 0 Å². The maximum Gasteiger partial charge on any atom is 0.125 e. The van der Waals surface area contributed by atoms with Crippen molar-refractivity contribution < 1.29 is 4.39 Å². The molecule has 1 saturated heterocycles. The second-order valence-electron chi connectivity index (χ2n) is 5.10. The molecule has 0 unspecified atom stereocenters. The molecule has 1 aromatic rings. The highest BCUT2D eigenvalue weighted by Crippen LogP contribution is 2.28. The standard InChI is InChI=1S/C14H20FN3/c15-13-2-1-12-3-6-18(14(12)11-13)10-9-17-7-4-16-5-8-17/h1-2,11,16H,3-10H2. The van der Waals surface area contributed by atoms with Crippen LogP contribution in [0.5, 0.6) is 0 Å². The second kappa shape index (κ2) is 5.24. The van der Waals surface area contributed by atoms with Gasteiger partial charge in [-0.05, 0) is 24.1 Å². The molecule has 2 aliphatic heterocycles. The Morgan fingerprint density at radius 3 is 2.78 bits per heavy atom. The van der Waals surface area contributed by atoms with Crippen molar-refractivity contribution in [3.05, 3.63) is 29.6 Å². The molecule has 18 heavy (non-hydrogen) atoms. The summed E-state index contributed by atoms with van der Waals surface area (Å²) in [6.07, 6.45) is 1.05. The van der Waals surface area contributed by atoms with Crippen LogP contribution >= 0.6 is 0 Å². The number of piperazine rings is 1. The number of benzene rings is 1. The van der Waals surface area contributed by atoms with Crippen molar-refractivity contribution in [1.82, 2.24) is 10.2 Å². The van der Waals surface area contributed by atoms with Crippen LogP contribution in [-0.4, -0.2) is 50.7 Å². The van der Waals surface area contributed by atoms with E-state index in [1.165, 1.54) is 5.56 Å². The van der Waals surface area contributed by atoms with Crippen molar-refractivity contribution in [3.8, 4) is 0 Å². The number of fused-ring (bicyclic) bond motifs is 1. The van der Waals surface area contributed by atoms with E-state index in [2.05, 4.69) is 15.1 Å². The first kappa shape index (κ1) is 11.9. The van der Waals surface area contributed by atoms with Crippen LogP contribution in [-0.2, 0) is 6.42 Å². The maximum absolute atomic E-state index is 13.3. The summed E-state index contributed by atoms with van der Waals surface area (Å²) >= 11 is 0. The Labute approximate surface area is 108 Å². The average molecular weight is 249 g/mol. The molecule has 1 fully saturated rings. The summed E-state index contributed by atoms with van der Waals surface area (Å²) in [5.41, 5.74) is 2.39. The van der Waals surface area contributed by atoms with Gasteiger partial charge < -0.3 is 10.2 Å². The number of anilines is 1. The summed E-state index contributed by atoms with van der Waals surface area (Å²) in [6.45, 7) is 7.56. The smallest absolute Gasteiger partial charge is 0.125 e. The molecule has 0 aromatic heterocycles. The molecule has 3 rings (SSSR count). The van der Waals surface area contributed by atoms with Crippen molar-refractivity contribution >= 4 is 5.69 Å². The lowest BCUT2D eigenvalue weighted by atomic mass is 10.2. The third-order valence-corrected chi connectivity index (χ3v) is 3.93. The fourth-order valence-electron chi connectivity index (χ4n) is 2.85. The molecule has 1 N–H and O–H groups in total. The Morgan fingerprint density at radius 2 is 1.94 bits per heavy atom. The molecule has 1 aromatic carbocycles. The van der Waals surface area contributed by atoms with E-state index in [1.54, 1.807) is 12.1 Å². The van der Waals surface area contributed by atoms with Gasteiger partial charge in [0, 0.05) is 51.5 Å². The molecule has 2 aliphatic rings. The van der Waals surface area contributed by atoms with E-state index in [4.69, 9.17) is 0 Å². The fourth-order valence-corrected chi connectivity index (χ4v) is 2.85. The predicted octanol–water partition coefficient (Wildman–Crippen LogP) is 1.09. The van der Waals surface area contributed by atoms with Gasteiger partial charge in [-0.3, -0.25) is 4.90 Å². The van der Waals surface area contributed by atoms with E-state index in [0.717, 1.165) is 57.9 Å². The van der Waals surface area contributed by atoms with Gasteiger partial charge in [0.05, 0.1) is 0 Å². The summed E-state index contributed by atoms with van der Waals surface area (Å²) in [6, 6.07) is 5.17. The van der Waals surface area contributed by atoms with Gasteiger partial charge in [0.1, 0.15) is 5.82 Å². The molecule has 0 aliphatic carbocycles. The molecule has 0 amide bonds. The lowest BCUT2D eigenvalue weighted by Crippen LogP contribution is -2.46. The Bertz CT molecular complexity index is 416. The number of nitrogens with one attached hydrogen (secondary N) is 1. The van der Waals surface area contributed by atoms with Gasteiger partial charge in [-0.15, -0.1) is 0 Å². The van der Waals surface area contributed by atoms with Crippen molar-refractivity contribution in [2.45, 2.75) is 6.42 Å². The lowest BCUT2D eigenvalue weighted by Gasteiger charge is -2.29. The normalized spacial score (nSPS) is 20.2. The molecular formula is C14H20FN3. The van der Waals surface area contributed by atoms with Gasteiger partial charge >= 0.3 is 0 Å². The molecule has 0 radical (unpaired) electrons. The van der Waals surface area contributed by atoms with Crippen LogP contribution in [0.15, 0.2) is 18.2 Å². The van der Waals surface area contributed by atoms with Crippen LogP contribution in [0.2, 0.25) is 0 Å². The second-order valence-corrected chi connectivity index (χ2v) is 5.10. The van der Waals surface area contributed by atoms with Gasteiger partial charge in [-0.2, -0.15) is 0 Å². The summed E-state index contributed by atoms with van der Waals surface area (Å²) in [5, 5.41) is 3.36. The van der Waals surface area contributed by atoms with Crippen molar-refractivity contribution in [2.24, 2.45) is 0 Å². The van der Waals surface area contributed by atoms with E-state index in [-0.39, 0.29) is 5.82 Å². The SMILES string of the molecule is Fc1ccc2c(c1)N(CCN1CCNCC1)CC2. The van der Waals surface area contributed by atoms with Crippen LogP contribution < -0.4 is 10.2 Å². The summed E-state index contributed by atoms with van der Waals surface area (Å²) in [4.78, 5) is 4.80. The third kappa shape index (κ3) is 2.49. The lowest BCUT2D eigenvalue weighted by molar-refractivity contribution is 0.246. The monoisotopic (exact) mass is 249 g/mol. The van der Waals surface area contributed by atoms with Gasteiger partial charge in [-0.1, -0.05) is 6.07 Å². The first-order valence-corrected chi connectivity index (χ1v) is 6.79. The molecule has 4 heteroatoms. The van der Waals surface area contributed by atoms with Crippen molar-refractivity contribution in [2.75, 3.05) is 50.7 Å². The zero-order chi connectivity index (χ0) is 12.4. The molecular weight excluding hydrogens is 229 g/mol. The Kier molecular flexibility index (Phi) is 3.48. The molecule has 98 valence electrons. The highest BCUT2D eigenvalue weighted by molar-refractivity contribution is 5.58. The van der Waals surface area contributed by atoms with Gasteiger partial charge in [-0.25, -0.2) is 4.39 Å². The van der Waals surface area contributed by atoms with Crippen LogP contribution in [0.25, 0.3) is 0 Å². The molecule has 3 nitrogen and oxygen atoms in total. The third-order valence-electron chi connectivity index (χ3n) is 3.93. The number of nitrogens with zero attached hydrogens (tertiary/aromatic N) is 2. The minimum absolute atomic E-state index is 0.122. The van der Waals surface area contributed by atoms with Crippen LogP contribution in [0.4, 0.5) is 10.1 Å². The zero-order valence-electron chi connectivity index (χ0n) is 10.7. The quantitative estimate of drug-likeness (QED) is 0.865. The van der Waals surface area contributed by atoms with Crippen molar-refractivity contribution in [3.63, 3.8) is 0 Å². The van der Waals surface area contributed by atoms with E-state index in [9.17, 15) is 4.39 Å². The topological polar surface area (TPSA) is 18.5 Å². The van der Waals surface area contributed by atoms with E-state index < -0.39 is 0 Å². The number of hydrogen-bond acceptors (Lipinski definition) is 3. The summed E-state index contributed by atoms with van der Waals surface area (Å²) in [5.74, 6) is -0.122. The first-order chi connectivity index (χ1) is 8.83. The van der Waals surface area contributed by atoms with E-state index in [1.807, 2.05) is 6.07 Å². The minimum Gasteiger partial charge on any atom is -0.370 e. The Morgan fingerprint density at radius 1 is 1.11 bits per heavy atom. The van der Waals surface area contributed by atoms with E-state index >= 15 is 0 Å². The molecule has 2 heterocycles. The van der Waals surface area contributed by atoms with Gasteiger partial charge in [0.25, 0.3) is 0 Å². The zero-order valence-corrected chi connectivity index (χ0v) is 10.7. The van der Waals surface area contributed by atoms with Crippen LogP contribution in [0.1, 0.15) is 5.56 Å². The molecule has 0 bridgehead atoms. The number of rotatable bonds is 3. The first-order valence-electron chi connectivity index (χ1n) is 6.79. The van der Waals surface area contributed by atoms with Crippen molar-refractivity contribution in [1.29, 1.82) is 0 Å². The maximum atomic E-state index is 13.3. The van der Waals surface area contributed by atoms with Gasteiger partial charge in [0.2, 0.25) is 0 Å². The largest absolute Gasteiger partial charge is 0.370 e. The molecule has 0 saturated carbocycles. The average Bonchev–Trinajstić information content (AvgIpc) is 2.80. The summed E-state index contributed by atoms with van der Waals surface area (Å²) < 4.78 is 13.3. The highest BCUT2D eigenvalue weighted by Gasteiger charge is 2.20. The van der Waals surface area contributed by atoms with Crippen LogP contribution in [0, 0.1) is 5.82 Å². The summed E-state index contributed by atoms with van der Waals surface area (Å²) in [7, 11) is 0. The minimum atomic E-state index is -0.122. The Balaban J connectivity index is 1.60. The predicted molar refractivity (Wildman–Crippen MR) is 71.6 cm³/mol. The highest BCUT2D eigenvalue weighted by atomic mass is 19.1. The number of halogens is 1.